The number of carbonyl (C=O) groups excluding carboxylic acids is 3. The standard InChI is InChI=1S/3C27H37N3O2/c1-26(32)10-7-19-17(13-26)3-4-21-20(19)8-11-27(2)22(21)5-6-23(27)25(31)16-30-15-18-14-28-12-9-24(18)29-30;1-26(32)11-9-19-17(14-26)5-6-21-20(19)10-12-27(2)22(21)7-8-23(27)24(31)16-30-15-18-4-3-13-28-25(18)29-30;1-26(32)11-9-19-17(14-26)5-6-21-20(19)10-12-27(2)22(21)7-8-23(27)24(31)16-30-25-18(15-29-30)4-3-13-28-25/h9,12,14-15,17,19-23,32H,3-8,10-11,13,16H2,1-2H3;2*3-4,13,15,17,19-23,32H,5-12,14,16H2,1-2H3/t3*17-,19+,20-,21-,22+,23-,26-,27+/m111/s1. The van der Waals surface area contributed by atoms with E-state index in [1.165, 1.54) is 116 Å². The molecule has 15 heteroatoms. The van der Waals surface area contributed by atoms with Crippen molar-refractivity contribution in [2.24, 2.45) is 123 Å². The largest absolute Gasteiger partial charge is 0.390 e. The molecule has 0 bridgehead atoms. The van der Waals surface area contributed by atoms with Crippen molar-refractivity contribution in [1.82, 2.24) is 44.3 Å². The average molecular weight is 1310 g/mol. The van der Waals surface area contributed by atoms with E-state index in [1.54, 1.807) is 28.0 Å². The molecule has 12 saturated carbocycles. The molecule has 6 aromatic rings. The van der Waals surface area contributed by atoms with Crippen LogP contribution in [0.3, 0.4) is 0 Å². The fourth-order valence-electron chi connectivity index (χ4n) is 26.6. The molecule has 6 heterocycles. The second kappa shape index (κ2) is 24.8. The molecule has 12 aliphatic rings. The molecule has 0 aromatic carbocycles. The zero-order valence-corrected chi connectivity index (χ0v) is 58.6. The third-order valence-corrected chi connectivity index (χ3v) is 30.9. The van der Waals surface area contributed by atoms with E-state index in [4.69, 9.17) is 0 Å². The fourth-order valence-corrected chi connectivity index (χ4v) is 26.6. The summed E-state index contributed by atoms with van der Waals surface area (Å²) in [4.78, 5) is 53.5. The van der Waals surface area contributed by atoms with Gasteiger partial charge in [0.25, 0.3) is 0 Å². The molecule has 516 valence electrons. The topological polar surface area (TPSA) is 204 Å². The molecule has 3 N–H and O–H groups in total. The van der Waals surface area contributed by atoms with Crippen molar-refractivity contribution in [3.8, 4) is 0 Å². The van der Waals surface area contributed by atoms with Crippen molar-refractivity contribution in [2.45, 2.75) is 251 Å². The van der Waals surface area contributed by atoms with E-state index in [1.807, 2.05) is 80.6 Å². The second-order valence-corrected chi connectivity index (χ2v) is 36.2. The Labute approximate surface area is 569 Å². The van der Waals surface area contributed by atoms with Crippen LogP contribution in [0.25, 0.3) is 33.0 Å². The first kappa shape index (κ1) is 65.4. The first-order valence-corrected chi connectivity index (χ1v) is 38.6. The summed E-state index contributed by atoms with van der Waals surface area (Å²) in [6, 6.07) is 9.75. The molecule has 96 heavy (non-hydrogen) atoms. The van der Waals surface area contributed by atoms with Gasteiger partial charge in [0, 0.05) is 71.1 Å². The predicted octanol–water partition coefficient (Wildman–Crippen LogP) is 15.1. The third kappa shape index (κ3) is 11.7. The third-order valence-electron chi connectivity index (χ3n) is 30.9. The van der Waals surface area contributed by atoms with E-state index in [9.17, 15) is 29.7 Å². The Bertz CT molecular complexity index is 3630. The summed E-state index contributed by atoms with van der Waals surface area (Å²) in [7, 11) is 0. The number of nitrogens with zero attached hydrogens (tertiary/aromatic N) is 9. The van der Waals surface area contributed by atoms with Gasteiger partial charge in [0.1, 0.15) is 6.54 Å². The maximum Gasteiger partial charge on any atom is 0.181 e. The number of ketones is 3. The van der Waals surface area contributed by atoms with Crippen LogP contribution in [0.1, 0.15) is 215 Å². The van der Waals surface area contributed by atoms with Gasteiger partial charge in [-0.05, 0) is 329 Å². The zero-order chi connectivity index (χ0) is 66.3. The molecule has 12 aliphatic carbocycles. The van der Waals surface area contributed by atoms with Crippen LogP contribution >= 0.6 is 0 Å². The summed E-state index contributed by atoms with van der Waals surface area (Å²) in [6.07, 6.45) is 44.3. The molecule has 12 fully saturated rings. The highest BCUT2D eigenvalue weighted by Crippen LogP contribution is 2.68. The summed E-state index contributed by atoms with van der Waals surface area (Å²) in [5, 5.41) is 48.5. The first-order chi connectivity index (χ1) is 46.0. The van der Waals surface area contributed by atoms with Crippen LogP contribution in [0.15, 0.2) is 73.7 Å². The van der Waals surface area contributed by atoms with Crippen molar-refractivity contribution in [3.05, 3.63) is 73.7 Å². The van der Waals surface area contributed by atoms with Crippen molar-refractivity contribution in [1.29, 1.82) is 0 Å². The highest BCUT2D eigenvalue weighted by atomic mass is 16.3. The lowest BCUT2D eigenvalue weighted by atomic mass is 9.49. The van der Waals surface area contributed by atoms with E-state index in [0.717, 1.165) is 144 Å². The summed E-state index contributed by atoms with van der Waals surface area (Å²) < 4.78 is 5.44. The van der Waals surface area contributed by atoms with Gasteiger partial charge in [-0.25, -0.2) is 14.6 Å². The van der Waals surface area contributed by atoms with E-state index in [2.05, 4.69) is 51.0 Å². The van der Waals surface area contributed by atoms with Gasteiger partial charge in [-0.1, -0.05) is 20.8 Å². The van der Waals surface area contributed by atoms with Crippen molar-refractivity contribution in [2.75, 3.05) is 0 Å². The van der Waals surface area contributed by atoms with Crippen molar-refractivity contribution >= 4 is 50.3 Å². The van der Waals surface area contributed by atoms with Gasteiger partial charge in [-0.3, -0.25) is 28.7 Å². The number of fused-ring (bicyclic) bond motifs is 18. The number of aromatic nitrogens is 9. The van der Waals surface area contributed by atoms with Crippen LogP contribution < -0.4 is 0 Å². The Morgan fingerprint density at radius 1 is 0.427 bits per heavy atom. The maximum atomic E-state index is 13.6. The molecule has 0 spiro atoms. The molecule has 0 amide bonds. The first-order valence-electron chi connectivity index (χ1n) is 38.6. The quantitative estimate of drug-likeness (QED) is 0.124. The van der Waals surface area contributed by atoms with Crippen LogP contribution in [0.5, 0.6) is 0 Å². The van der Waals surface area contributed by atoms with Gasteiger partial charge in [0.05, 0.1) is 41.6 Å². The molecule has 0 saturated heterocycles. The van der Waals surface area contributed by atoms with Gasteiger partial charge in [0.15, 0.2) is 28.6 Å². The summed E-state index contributed by atoms with van der Waals surface area (Å²) in [5.74, 6) is 13.0. The average Bonchev–Trinajstić information content (AvgIpc) is 1.45. The summed E-state index contributed by atoms with van der Waals surface area (Å²) in [5.41, 5.74) is 1.54. The number of carbonyl (C=O) groups is 3. The second-order valence-electron chi connectivity index (χ2n) is 36.2. The molecule has 24 atom stereocenters. The normalized spacial score (nSPS) is 43.5. The number of aliphatic hydroxyl groups is 3. The lowest BCUT2D eigenvalue weighted by molar-refractivity contribution is -0.133. The van der Waals surface area contributed by atoms with Crippen LogP contribution in [0.4, 0.5) is 0 Å². The Morgan fingerprint density at radius 3 is 1.32 bits per heavy atom. The van der Waals surface area contributed by atoms with Crippen LogP contribution in [-0.4, -0.2) is 93.8 Å². The van der Waals surface area contributed by atoms with E-state index < -0.39 is 16.8 Å². The molecule has 15 nitrogen and oxygen atoms in total. The highest BCUT2D eigenvalue weighted by molar-refractivity contribution is 5.85. The number of Topliss-reactive ketones (excluding diaryl/α,β-unsaturated/α-hetero) is 3. The molecule has 18 rings (SSSR count). The van der Waals surface area contributed by atoms with E-state index in [0.29, 0.717) is 72.5 Å². The Balaban J connectivity index is 0.000000113. The SMILES string of the molecule is C[C@@]1(O)CC[C@H]2[C@H](CC[C@@H]3[C@@H]2CC[C@]2(C)[C@@H](C(=O)Cn4cc5cccnc5n4)CC[C@@H]32)C1.C[C@@]1(O)CC[C@H]2[C@H](CC[C@@H]3[C@@H]2CC[C@]2(C)[C@@H](C(=O)Cn4cc5cnccc5n4)CC[C@@H]32)C1.C[C@@]1(O)CC[C@H]2[C@H](CC[C@@H]3[C@@H]2CC[C@]2(C)[C@@H](C(=O)Cn4ncc5cccnc54)CC[C@@H]32)C1. The Hall–Kier alpha value is -5.25. The van der Waals surface area contributed by atoms with Gasteiger partial charge in [0.2, 0.25) is 0 Å². The number of pyridine rings is 3. The van der Waals surface area contributed by atoms with E-state index in [-0.39, 0.29) is 34.0 Å². The zero-order valence-electron chi connectivity index (χ0n) is 58.6. The minimum Gasteiger partial charge on any atom is -0.390 e. The molecule has 0 radical (unpaired) electrons. The smallest absolute Gasteiger partial charge is 0.181 e. The molecular weight excluding hydrogens is 1190 g/mol. The molecular formula is C81H111N9O6. The van der Waals surface area contributed by atoms with Gasteiger partial charge in [-0.2, -0.15) is 15.3 Å². The lowest BCUT2D eigenvalue weighted by Gasteiger charge is -2.56. The van der Waals surface area contributed by atoms with Gasteiger partial charge >= 0.3 is 0 Å². The van der Waals surface area contributed by atoms with Crippen molar-refractivity contribution < 1.29 is 29.7 Å². The maximum absolute atomic E-state index is 13.6. The Morgan fingerprint density at radius 2 is 0.854 bits per heavy atom. The van der Waals surface area contributed by atoms with Crippen LogP contribution in [0, 0.1) is 123 Å². The van der Waals surface area contributed by atoms with Gasteiger partial charge < -0.3 is 15.3 Å². The monoisotopic (exact) mass is 1310 g/mol. The summed E-state index contributed by atoms with van der Waals surface area (Å²) >= 11 is 0. The minimum absolute atomic E-state index is 0.141. The molecule has 6 aromatic heterocycles. The van der Waals surface area contributed by atoms with Crippen LogP contribution in [-0.2, 0) is 34.0 Å². The number of hydrogen-bond acceptors (Lipinski definition) is 12. The van der Waals surface area contributed by atoms with Gasteiger partial charge in [-0.15, -0.1) is 0 Å². The van der Waals surface area contributed by atoms with Crippen LogP contribution in [0.2, 0.25) is 0 Å². The fraction of sp³-hybridized carbons (Fsp3) is 0.741. The van der Waals surface area contributed by atoms with Crippen molar-refractivity contribution in [3.63, 3.8) is 0 Å². The summed E-state index contributed by atoms with van der Waals surface area (Å²) in [6.45, 7) is 14.5. The molecule has 0 unspecified atom stereocenters. The van der Waals surface area contributed by atoms with E-state index >= 15 is 0 Å². The lowest BCUT2D eigenvalue weighted by Crippen LogP contribution is -2.51. The minimum atomic E-state index is -0.451. The molecule has 0 aliphatic heterocycles. The highest BCUT2D eigenvalue weighted by Gasteiger charge is 2.62. The predicted molar refractivity (Wildman–Crippen MR) is 371 cm³/mol. The number of rotatable bonds is 9. The Kier molecular flexibility index (Phi) is 16.9. The number of hydrogen-bond donors (Lipinski definition) is 3.